The van der Waals surface area contributed by atoms with Crippen LogP contribution in [0, 0.1) is 0 Å². The molecule has 1 amide bonds. The highest BCUT2D eigenvalue weighted by Gasteiger charge is 2.29. The van der Waals surface area contributed by atoms with Gasteiger partial charge in [-0.05, 0) is 12.5 Å². The summed E-state index contributed by atoms with van der Waals surface area (Å²) in [6.45, 7) is 0.359. The molecule has 0 bridgehead atoms. The average Bonchev–Trinajstić information content (AvgIpc) is 2.61. The Hall–Kier alpha value is -2.28. The predicted molar refractivity (Wildman–Crippen MR) is 67.1 cm³/mol. The van der Waals surface area contributed by atoms with Crippen molar-refractivity contribution in [3.8, 4) is 0 Å². The highest BCUT2D eigenvalue weighted by molar-refractivity contribution is 5.80. The van der Waals surface area contributed by atoms with Crippen molar-refractivity contribution < 1.29 is 15.0 Å². The van der Waals surface area contributed by atoms with Crippen LogP contribution >= 0.6 is 0 Å². The summed E-state index contributed by atoms with van der Waals surface area (Å²) in [5.74, 6) is 0. The van der Waals surface area contributed by atoms with E-state index in [1.54, 1.807) is 18.2 Å². The molecule has 0 spiro atoms. The quantitative estimate of drug-likeness (QED) is 0.597. The number of amides is 1. The van der Waals surface area contributed by atoms with Crippen LogP contribution in [0.5, 0.6) is 0 Å². The Labute approximate surface area is 107 Å². The lowest BCUT2D eigenvalue weighted by atomic mass is 10.0. The summed E-state index contributed by atoms with van der Waals surface area (Å²) < 4.78 is 1.54. The molecule has 0 radical (unpaired) electrons. The third-order valence-electron chi connectivity index (χ3n) is 3.50. The molecule has 0 unspecified atom stereocenters. The van der Waals surface area contributed by atoms with Crippen molar-refractivity contribution in [2.75, 3.05) is 0 Å². The van der Waals surface area contributed by atoms with Gasteiger partial charge in [0.15, 0.2) is 0 Å². The van der Waals surface area contributed by atoms with Gasteiger partial charge in [-0.25, -0.2) is 9.59 Å². The largest absolute Gasteiger partial charge is 0.465 e. The summed E-state index contributed by atoms with van der Waals surface area (Å²) in [4.78, 5) is 25.3. The molecule has 0 aliphatic carbocycles. The lowest BCUT2D eigenvalue weighted by Crippen LogP contribution is -2.38. The normalized spacial score (nSPS) is 22.2. The molecule has 7 nitrogen and oxygen atoms in total. The molecule has 4 N–H and O–H groups in total. The Bertz CT molecular complexity index is 703. The van der Waals surface area contributed by atoms with E-state index in [4.69, 9.17) is 5.11 Å². The molecule has 2 heterocycles. The molecule has 1 aliphatic heterocycles. The van der Waals surface area contributed by atoms with Crippen molar-refractivity contribution in [1.82, 2.24) is 14.9 Å². The van der Waals surface area contributed by atoms with E-state index in [1.165, 1.54) is 4.57 Å². The molecule has 0 saturated carbocycles. The molecule has 100 valence electrons. The maximum Gasteiger partial charge on any atom is 0.404 e. The number of carboxylic acid groups (broad SMARTS) is 1. The van der Waals surface area contributed by atoms with Gasteiger partial charge in [-0.1, -0.05) is 12.1 Å². The number of aromatic nitrogens is 2. The molecule has 1 aromatic heterocycles. The van der Waals surface area contributed by atoms with Crippen molar-refractivity contribution in [3.63, 3.8) is 0 Å². The number of nitrogens with zero attached hydrogens (tertiary/aromatic N) is 1. The van der Waals surface area contributed by atoms with E-state index in [-0.39, 0.29) is 5.69 Å². The zero-order chi connectivity index (χ0) is 13.6. The van der Waals surface area contributed by atoms with Crippen LogP contribution in [0.25, 0.3) is 11.0 Å². The van der Waals surface area contributed by atoms with Gasteiger partial charge in [-0.2, -0.15) is 0 Å². The fourth-order valence-corrected chi connectivity index (χ4v) is 2.65. The number of carbonyl (C=O) groups is 1. The van der Waals surface area contributed by atoms with Gasteiger partial charge in [-0.15, -0.1) is 0 Å². The number of aryl methyl sites for hydroxylation is 1. The second-order valence-corrected chi connectivity index (χ2v) is 4.61. The molecule has 3 rings (SSSR count). The topological polar surface area (TPSA) is 107 Å². The third kappa shape index (κ3) is 1.78. The lowest BCUT2D eigenvalue weighted by Gasteiger charge is -2.20. The molecule has 0 saturated heterocycles. The van der Waals surface area contributed by atoms with Crippen molar-refractivity contribution in [3.05, 3.63) is 34.2 Å². The second kappa shape index (κ2) is 4.13. The summed E-state index contributed by atoms with van der Waals surface area (Å²) in [5.41, 5.74) is 1.62. The van der Waals surface area contributed by atoms with E-state index in [0.717, 1.165) is 0 Å². The van der Waals surface area contributed by atoms with Gasteiger partial charge >= 0.3 is 11.8 Å². The van der Waals surface area contributed by atoms with Gasteiger partial charge in [0.25, 0.3) is 0 Å². The molecule has 1 aromatic carbocycles. The van der Waals surface area contributed by atoms with Gasteiger partial charge in [-0.3, -0.25) is 4.57 Å². The smallest absolute Gasteiger partial charge is 0.404 e. The number of imidazole rings is 1. The Morgan fingerprint density at radius 2 is 2.26 bits per heavy atom. The molecule has 2 aromatic rings. The van der Waals surface area contributed by atoms with Crippen LogP contribution in [0.3, 0.4) is 0 Å². The standard InChI is InChI=1S/C12H13N3O4/c16-10-6-2-1-3-7-9(6)15(11(17)13-7)5-4-8(10)14-12(18)19/h1-3,8,10,14,16H,4-5H2,(H,13,17)(H,18,19)/t8-,10-/m1/s1. The van der Waals surface area contributed by atoms with E-state index in [0.29, 0.717) is 29.6 Å². The molecule has 19 heavy (non-hydrogen) atoms. The van der Waals surface area contributed by atoms with Gasteiger partial charge < -0.3 is 20.5 Å². The molecular weight excluding hydrogens is 250 g/mol. The first-order chi connectivity index (χ1) is 9.08. The van der Waals surface area contributed by atoms with E-state index in [9.17, 15) is 14.7 Å². The molecule has 1 aliphatic rings. The second-order valence-electron chi connectivity index (χ2n) is 4.61. The summed E-state index contributed by atoms with van der Waals surface area (Å²) in [5, 5.41) is 21.4. The fourth-order valence-electron chi connectivity index (χ4n) is 2.65. The van der Waals surface area contributed by atoms with Crippen LogP contribution in [0.1, 0.15) is 18.1 Å². The predicted octanol–water partition coefficient (Wildman–Crippen LogP) is 0.403. The minimum absolute atomic E-state index is 0.245. The van der Waals surface area contributed by atoms with Crippen LogP contribution in [-0.4, -0.2) is 31.9 Å². The Morgan fingerprint density at radius 3 is 3.00 bits per heavy atom. The van der Waals surface area contributed by atoms with Crippen molar-refractivity contribution in [1.29, 1.82) is 0 Å². The molecular formula is C12H13N3O4. The number of rotatable bonds is 1. The van der Waals surface area contributed by atoms with Gasteiger partial charge in [0.05, 0.1) is 17.1 Å². The van der Waals surface area contributed by atoms with Crippen LogP contribution in [0.4, 0.5) is 4.79 Å². The van der Waals surface area contributed by atoms with Gasteiger partial charge in [0.2, 0.25) is 0 Å². The van der Waals surface area contributed by atoms with E-state index in [2.05, 4.69) is 10.3 Å². The number of aliphatic hydroxyl groups is 1. The minimum atomic E-state index is -1.18. The number of H-pyrrole nitrogens is 1. The zero-order valence-electron chi connectivity index (χ0n) is 9.96. The number of hydrogen-bond acceptors (Lipinski definition) is 3. The first-order valence-electron chi connectivity index (χ1n) is 5.97. The zero-order valence-corrected chi connectivity index (χ0v) is 9.96. The number of nitrogens with one attached hydrogen (secondary N) is 2. The number of aromatic amines is 1. The Balaban J connectivity index is 2.16. The van der Waals surface area contributed by atoms with Crippen LogP contribution in [0.2, 0.25) is 0 Å². The van der Waals surface area contributed by atoms with E-state index < -0.39 is 18.2 Å². The summed E-state index contributed by atoms with van der Waals surface area (Å²) in [6.07, 6.45) is -1.80. The average molecular weight is 263 g/mol. The molecule has 2 atom stereocenters. The lowest BCUT2D eigenvalue weighted by molar-refractivity contribution is 0.118. The maximum atomic E-state index is 11.8. The third-order valence-corrected chi connectivity index (χ3v) is 3.50. The Morgan fingerprint density at radius 1 is 1.47 bits per heavy atom. The summed E-state index contributed by atoms with van der Waals surface area (Å²) in [6, 6.07) is 4.57. The van der Waals surface area contributed by atoms with Crippen molar-refractivity contribution >= 4 is 17.1 Å². The van der Waals surface area contributed by atoms with Crippen LogP contribution in [-0.2, 0) is 6.54 Å². The number of para-hydroxylation sites is 1. The first kappa shape index (κ1) is 11.8. The highest BCUT2D eigenvalue weighted by Crippen LogP contribution is 2.29. The maximum absolute atomic E-state index is 11.8. The van der Waals surface area contributed by atoms with Gasteiger partial charge in [0, 0.05) is 12.1 Å². The molecule has 7 heteroatoms. The highest BCUT2D eigenvalue weighted by atomic mass is 16.4. The van der Waals surface area contributed by atoms with Crippen molar-refractivity contribution in [2.24, 2.45) is 0 Å². The monoisotopic (exact) mass is 263 g/mol. The van der Waals surface area contributed by atoms with E-state index >= 15 is 0 Å². The van der Waals surface area contributed by atoms with Crippen molar-refractivity contribution in [2.45, 2.75) is 25.1 Å². The van der Waals surface area contributed by atoms with Crippen LogP contribution < -0.4 is 11.0 Å². The minimum Gasteiger partial charge on any atom is -0.465 e. The number of hydrogen-bond donors (Lipinski definition) is 4. The SMILES string of the molecule is O=C(O)N[C@@H]1CCn2c(=O)[nH]c3cccc(c32)[C@H]1O. The van der Waals surface area contributed by atoms with Gasteiger partial charge in [0.1, 0.15) is 6.10 Å². The summed E-state index contributed by atoms with van der Waals surface area (Å²) in [7, 11) is 0. The fraction of sp³-hybridized carbons (Fsp3) is 0.333. The number of aliphatic hydroxyl groups excluding tert-OH is 1. The Kier molecular flexibility index (Phi) is 2.56. The summed E-state index contributed by atoms with van der Waals surface area (Å²) >= 11 is 0. The van der Waals surface area contributed by atoms with E-state index in [1.807, 2.05) is 0 Å². The first-order valence-corrected chi connectivity index (χ1v) is 5.97. The number of benzene rings is 1. The molecule has 0 fully saturated rings. The van der Waals surface area contributed by atoms with Crippen LogP contribution in [0.15, 0.2) is 23.0 Å².